The number of carbonyl (C=O) groups is 1. The molecule has 31 heavy (non-hydrogen) atoms. The van der Waals surface area contributed by atoms with Crippen LogP contribution in [0.4, 0.5) is 11.4 Å². The van der Waals surface area contributed by atoms with Gasteiger partial charge in [0.15, 0.2) is 0 Å². The van der Waals surface area contributed by atoms with Crippen molar-refractivity contribution in [3.63, 3.8) is 0 Å². The van der Waals surface area contributed by atoms with Gasteiger partial charge in [0.2, 0.25) is 5.91 Å². The van der Waals surface area contributed by atoms with Crippen LogP contribution < -0.4 is 14.8 Å². The zero-order valence-electron chi connectivity index (χ0n) is 17.3. The minimum atomic E-state index is -3.73. The molecular formula is C23H24N2O4S2. The summed E-state index contributed by atoms with van der Waals surface area (Å²) in [5.74, 6) is 1.18. The van der Waals surface area contributed by atoms with Gasteiger partial charge in [0, 0.05) is 28.4 Å². The Morgan fingerprint density at radius 3 is 2.13 bits per heavy atom. The number of anilines is 2. The van der Waals surface area contributed by atoms with Gasteiger partial charge in [0.1, 0.15) is 5.75 Å². The van der Waals surface area contributed by atoms with E-state index in [1.165, 1.54) is 17.7 Å². The summed E-state index contributed by atoms with van der Waals surface area (Å²) >= 11 is 1.62. The summed E-state index contributed by atoms with van der Waals surface area (Å²) in [5.41, 5.74) is 2.18. The van der Waals surface area contributed by atoms with E-state index in [2.05, 4.69) is 10.0 Å². The fourth-order valence-corrected chi connectivity index (χ4v) is 4.62. The average molecular weight is 457 g/mol. The number of aryl methyl sites for hydroxylation is 1. The SMILES string of the molecule is COc1ccc(NS(=O)(=O)c2ccc(NC(=O)CCSc3ccc(C)cc3)cc2)cc1. The second-order valence-electron chi connectivity index (χ2n) is 6.82. The highest BCUT2D eigenvalue weighted by atomic mass is 32.2. The van der Waals surface area contributed by atoms with Crippen LogP contribution in [0.2, 0.25) is 0 Å². The van der Waals surface area contributed by atoms with Crippen molar-refractivity contribution in [2.24, 2.45) is 0 Å². The number of thioether (sulfide) groups is 1. The van der Waals surface area contributed by atoms with Gasteiger partial charge in [-0.25, -0.2) is 8.42 Å². The predicted molar refractivity (Wildman–Crippen MR) is 125 cm³/mol. The Morgan fingerprint density at radius 2 is 1.52 bits per heavy atom. The number of carbonyl (C=O) groups excluding carboxylic acids is 1. The molecule has 0 radical (unpaired) electrons. The third kappa shape index (κ3) is 6.77. The monoisotopic (exact) mass is 456 g/mol. The van der Waals surface area contributed by atoms with E-state index < -0.39 is 10.0 Å². The smallest absolute Gasteiger partial charge is 0.261 e. The highest BCUT2D eigenvalue weighted by molar-refractivity contribution is 7.99. The van der Waals surface area contributed by atoms with Crippen molar-refractivity contribution < 1.29 is 17.9 Å². The fraction of sp³-hybridized carbons (Fsp3) is 0.174. The fourth-order valence-electron chi connectivity index (χ4n) is 2.71. The van der Waals surface area contributed by atoms with Gasteiger partial charge in [-0.3, -0.25) is 9.52 Å². The molecule has 0 fully saturated rings. The molecule has 0 heterocycles. The maximum atomic E-state index is 12.6. The molecule has 0 bridgehead atoms. The van der Waals surface area contributed by atoms with E-state index in [4.69, 9.17) is 4.74 Å². The third-order valence-corrected chi connectivity index (χ3v) is 6.82. The summed E-state index contributed by atoms with van der Waals surface area (Å²) in [6, 6.07) is 20.8. The highest BCUT2D eigenvalue weighted by Crippen LogP contribution is 2.22. The number of methoxy groups -OCH3 is 1. The molecule has 0 unspecified atom stereocenters. The van der Waals surface area contributed by atoms with Crippen molar-refractivity contribution in [1.82, 2.24) is 0 Å². The topological polar surface area (TPSA) is 84.5 Å². The lowest BCUT2D eigenvalue weighted by atomic mass is 10.2. The predicted octanol–water partition coefficient (Wildman–Crippen LogP) is 4.93. The number of benzene rings is 3. The van der Waals surface area contributed by atoms with Crippen LogP contribution in [0.3, 0.4) is 0 Å². The Balaban J connectivity index is 1.52. The molecule has 0 saturated heterocycles. The maximum Gasteiger partial charge on any atom is 0.261 e. The molecular weight excluding hydrogens is 432 g/mol. The van der Waals surface area contributed by atoms with Crippen molar-refractivity contribution in [3.8, 4) is 5.75 Å². The summed E-state index contributed by atoms with van der Waals surface area (Å²) < 4.78 is 32.7. The summed E-state index contributed by atoms with van der Waals surface area (Å²) in [4.78, 5) is 13.4. The van der Waals surface area contributed by atoms with Crippen molar-refractivity contribution >= 4 is 39.1 Å². The molecule has 6 nitrogen and oxygen atoms in total. The van der Waals surface area contributed by atoms with E-state index in [1.54, 1.807) is 55.3 Å². The van der Waals surface area contributed by atoms with Gasteiger partial charge in [-0.05, 0) is 67.6 Å². The first kappa shape index (κ1) is 22.7. The van der Waals surface area contributed by atoms with Gasteiger partial charge in [-0.2, -0.15) is 0 Å². The molecule has 162 valence electrons. The zero-order chi connectivity index (χ0) is 22.3. The van der Waals surface area contributed by atoms with E-state index in [9.17, 15) is 13.2 Å². The lowest BCUT2D eigenvalue weighted by Gasteiger charge is -2.10. The number of nitrogens with one attached hydrogen (secondary N) is 2. The molecule has 0 aromatic heterocycles. The molecule has 3 aromatic carbocycles. The number of rotatable bonds is 9. The summed E-state index contributed by atoms with van der Waals surface area (Å²) in [6.07, 6.45) is 0.359. The second kappa shape index (κ2) is 10.4. The van der Waals surface area contributed by atoms with E-state index in [-0.39, 0.29) is 10.8 Å². The largest absolute Gasteiger partial charge is 0.497 e. The third-order valence-electron chi connectivity index (χ3n) is 4.41. The van der Waals surface area contributed by atoms with Gasteiger partial charge in [0.05, 0.1) is 12.0 Å². The van der Waals surface area contributed by atoms with Gasteiger partial charge < -0.3 is 10.1 Å². The minimum absolute atomic E-state index is 0.108. The number of ether oxygens (including phenoxy) is 1. The van der Waals surface area contributed by atoms with E-state index >= 15 is 0 Å². The average Bonchev–Trinajstić information content (AvgIpc) is 2.76. The van der Waals surface area contributed by atoms with Crippen molar-refractivity contribution in [1.29, 1.82) is 0 Å². The molecule has 0 aliphatic heterocycles. The molecule has 0 spiro atoms. The van der Waals surface area contributed by atoms with Crippen LogP contribution in [0.15, 0.2) is 82.6 Å². The van der Waals surface area contributed by atoms with E-state index in [0.29, 0.717) is 29.3 Å². The number of sulfonamides is 1. The summed E-state index contributed by atoms with van der Waals surface area (Å²) in [7, 11) is -2.19. The van der Waals surface area contributed by atoms with Crippen LogP contribution in [-0.2, 0) is 14.8 Å². The molecule has 1 amide bonds. The van der Waals surface area contributed by atoms with Crippen molar-refractivity contribution in [3.05, 3.63) is 78.4 Å². The van der Waals surface area contributed by atoms with Gasteiger partial charge in [-0.1, -0.05) is 17.7 Å². The van der Waals surface area contributed by atoms with Crippen LogP contribution in [0, 0.1) is 6.92 Å². The lowest BCUT2D eigenvalue weighted by Crippen LogP contribution is -2.14. The first-order valence-corrected chi connectivity index (χ1v) is 12.1. The van der Waals surface area contributed by atoms with Crippen molar-refractivity contribution in [2.75, 3.05) is 22.9 Å². The molecule has 0 aliphatic rings. The molecule has 0 aliphatic carbocycles. The Labute approximate surface area is 187 Å². The summed E-state index contributed by atoms with van der Waals surface area (Å²) in [5, 5.41) is 2.80. The highest BCUT2D eigenvalue weighted by Gasteiger charge is 2.14. The quantitative estimate of drug-likeness (QED) is 0.446. The zero-order valence-corrected chi connectivity index (χ0v) is 18.9. The van der Waals surface area contributed by atoms with E-state index in [0.717, 1.165) is 4.90 Å². The summed E-state index contributed by atoms with van der Waals surface area (Å²) in [6.45, 7) is 2.04. The number of hydrogen-bond donors (Lipinski definition) is 2. The molecule has 2 N–H and O–H groups in total. The standard InChI is InChI=1S/C23H24N2O4S2/c1-17-3-11-21(12-4-17)30-16-15-23(26)24-18-7-13-22(14-8-18)31(27,28)25-19-5-9-20(29-2)10-6-19/h3-14,25H,15-16H2,1-2H3,(H,24,26). The molecule has 0 atom stereocenters. The van der Waals surface area contributed by atoms with Crippen LogP contribution in [0.1, 0.15) is 12.0 Å². The maximum absolute atomic E-state index is 12.6. The lowest BCUT2D eigenvalue weighted by molar-refractivity contribution is -0.115. The van der Waals surface area contributed by atoms with Crippen LogP contribution in [-0.4, -0.2) is 27.2 Å². The van der Waals surface area contributed by atoms with Crippen LogP contribution in [0.5, 0.6) is 5.75 Å². The Bertz CT molecular complexity index is 1110. The van der Waals surface area contributed by atoms with Crippen molar-refractivity contribution in [2.45, 2.75) is 23.1 Å². The molecule has 3 rings (SSSR count). The Kier molecular flexibility index (Phi) is 7.59. The van der Waals surface area contributed by atoms with Gasteiger partial charge >= 0.3 is 0 Å². The second-order valence-corrected chi connectivity index (χ2v) is 9.67. The van der Waals surface area contributed by atoms with Crippen LogP contribution >= 0.6 is 11.8 Å². The van der Waals surface area contributed by atoms with Gasteiger partial charge in [0.25, 0.3) is 10.0 Å². The Morgan fingerprint density at radius 1 is 0.903 bits per heavy atom. The first-order valence-electron chi connectivity index (χ1n) is 9.62. The first-order chi connectivity index (χ1) is 14.9. The molecule has 8 heteroatoms. The molecule has 0 saturated carbocycles. The van der Waals surface area contributed by atoms with Crippen LogP contribution in [0.25, 0.3) is 0 Å². The van der Waals surface area contributed by atoms with E-state index in [1.807, 2.05) is 31.2 Å². The number of hydrogen-bond acceptors (Lipinski definition) is 5. The number of amides is 1. The normalized spacial score (nSPS) is 11.0. The molecule has 3 aromatic rings. The van der Waals surface area contributed by atoms with Gasteiger partial charge in [-0.15, -0.1) is 11.8 Å². The Hall–Kier alpha value is -2.97. The minimum Gasteiger partial charge on any atom is -0.497 e.